The minimum absolute atomic E-state index is 0.194. The molecule has 4 nitrogen and oxygen atoms in total. The van der Waals surface area contributed by atoms with E-state index in [1.165, 1.54) is 17.4 Å². The van der Waals surface area contributed by atoms with Crippen LogP contribution in [-0.2, 0) is 4.79 Å². The zero-order valence-corrected chi connectivity index (χ0v) is 16.4. The molecule has 0 atom stereocenters. The number of ether oxygens (including phenoxy) is 1. The molecule has 138 valence electrons. The van der Waals surface area contributed by atoms with Crippen LogP contribution in [0, 0.1) is 0 Å². The van der Waals surface area contributed by atoms with Gasteiger partial charge in [0.2, 0.25) is 5.91 Å². The number of para-hydroxylation sites is 1. The largest absolute Gasteiger partial charge is 0.457 e. The van der Waals surface area contributed by atoms with E-state index in [0.29, 0.717) is 5.13 Å². The number of hydrogen-bond acceptors (Lipinski definition) is 5. The lowest BCUT2D eigenvalue weighted by Gasteiger charge is -2.05. The first-order valence-electron chi connectivity index (χ1n) is 8.58. The Balaban J connectivity index is 1.39. The van der Waals surface area contributed by atoms with Crippen LogP contribution in [-0.4, -0.2) is 10.9 Å². The van der Waals surface area contributed by atoms with Gasteiger partial charge in [0.15, 0.2) is 5.13 Å². The maximum Gasteiger partial charge on any atom is 0.250 e. The van der Waals surface area contributed by atoms with E-state index in [9.17, 15) is 4.79 Å². The molecule has 28 heavy (non-hydrogen) atoms. The van der Waals surface area contributed by atoms with Gasteiger partial charge in [-0.1, -0.05) is 24.3 Å². The SMILES string of the molecule is O=C(C=Cc1cccs1)Nc1nc(-c2ccc(Oc3ccccc3)cc2)cs1. The predicted molar refractivity (Wildman–Crippen MR) is 116 cm³/mol. The Morgan fingerprint density at radius 3 is 2.46 bits per heavy atom. The first kappa shape index (κ1) is 18.2. The molecular formula is C22H16N2O2S2. The number of anilines is 1. The van der Waals surface area contributed by atoms with E-state index in [0.717, 1.165) is 27.6 Å². The third-order valence-electron chi connectivity index (χ3n) is 3.81. The molecule has 1 amide bonds. The Morgan fingerprint density at radius 2 is 1.71 bits per heavy atom. The lowest BCUT2D eigenvalue weighted by molar-refractivity contribution is -0.111. The van der Waals surface area contributed by atoms with Gasteiger partial charge >= 0.3 is 0 Å². The number of aromatic nitrogens is 1. The van der Waals surface area contributed by atoms with Crippen molar-refractivity contribution in [2.75, 3.05) is 5.32 Å². The Kier molecular flexibility index (Phi) is 5.61. The average Bonchev–Trinajstić information content (AvgIpc) is 3.40. The van der Waals surface area contributed by atoms with Gasteiger partial charge in [0, 0.05) is 21.9 Å². The molecule has 1 N–H and O–H groups in total. The number of benzene rings is 2. The van der Waals surface area contributed by atoms with Gasteiger partial charge in [0.25, 0.3) is 0 Å². The van der Waals surface area contributed by atoms with Crippen molar-refractivity contribution < 1.29 is 9.53 Å². The summed E-state index contributed by atoms with van der Waals surface area (Å²) in [6, 6.07) is 21.3. The van der Waals surface area contributed by atoms with Crippen molar-refractivity contribution in [3.8, 4) is 22.8 Å². The van der Waals surface area contributed by atoms with Gasteiger partial charge in [-0.2, -0.15) is 0 Å². The zero-order chi connectivity index (χ0) is 19.2. The molecule has 4 rings (SSSR count). The fourth-order valence-corrected chi connectivity index (χ4v) is 3.81. The van der Waals surface area contributed by atoms with Gasteiger partial charge in [0.05, 0.1) is 5.69 Å². The quantitative estimate of drug-likeness (QED) is 0.383. The van der Waals surface area contributed by atoms with Gasteiger partial charge in [-0.3, -0.25) is 10.1 Å². The second-order valence-corrected chi connectivity index (χ2v) is 7.65. The van der Waals surface area contributed by atoms with Crippen molar-refractivity contribution in [2.24, 2.45) is 0 Å². The Morgan fingerprint density at radius 1 is 0.929 bits per heavy atom. The number of thiazole rings is 1. The second kappa shape index (κ2) is 8.65. The van der Waals surface area contributed by atoms with Crippen LogP contribution in [0.15, 0.2) is 83.6 Å². The normalized spacial score (nSPS) is 10.9. The number of amides is 1. The molecule has 0 aliphatic carbocycles. The third kappa shape index (κ3) is 4.73. The van der Waals surface area contributed by atoms with Gasteiger partial charge in [-0.05, 0) is 53.9 Å². The van der Waals surface area contributed by atoms with Crippen molar-refractivity contribution in [1.82, 2.24) is 4.98 Å². The number of thiophene rings is 1. The molecule has 0 aliphatic heterocycles. The van der Waals surface area contributed by atoms with E-state index < -0.39 is 0 Å². The first-order chi connectivity index (χ1) is 13.8. The zero-order valence-electron chi connectivity index (χ0n) is 14.7. The predicted octanol–water partition coefficient (Wildman–Crippen LogP) is 6.32. The van der Waals surface area contributed by atoms with Crippen LogP contribution < -0.4 is 10.1 Å². The van der Waals surface area contributed by atoms with Gasteiger partial charge < -0.3 is 4.74 Å². The summed E-state index contributed by atoms with van der Waals surface area (Å²) in [4.78, 5) is 17.6. The highest BCUT2D eigenvalue weighted by Crippen LogP contribution is 2.28. The molecule has 4 aromatic rings. The highest BCUT2D eigenvalue weighted by Gasteiger charge is 2.07. The Labute approximate surface area is 170 Å². The average molecular weight is 405 g/mol. The summed E-state index contributed by atoms with van der Waals surface area (Å²) in [7, 11) is 0. The fourth-order valence-electron chi connectivity index (χ4n) is 2.47. The number of rotatable bonds is 6. The Bertz CT molecular complexity index is 1070. The van der Waals surface area contributed by atoms with Crippen LogP contribution in [0.3, 0.4) is 0 Å². The van der Waals surface area contributed by atoms with Gasteiger partial charge in [-0.15, -0.1) is 22.7 Å². The number of nitrogens with zero attached hydrogens (tertiary/aromatic N) is 1. The van der Waals surface area contributed by atoms with Crippen molar-refractivity contribution in [1.29, 1.82) is 0 Å². The van der Waals surface area contributed by atoms with Gasteiger partial charge in [0.1, 0.15) is 11.5 Å². The molecule has 0 spiro atoms. The second-order valence-electron chi connectivity index (χ2n) is 5.82. The molecule has 6 heteroatoms. The van der Waals surface area contributed by atoms with Crippen molar-refractivity contribution in [2.45, 2.75) is 0 Å². The molecule has 0 aliphatic rings. The molecule has 0 radical (unpaired) electrons. The molecular weight excluding hydrogens is 388 g/mol. The van der Waals surface area contributed by atoms with Crippen LogP contribution in [0.2, 0.25) is 0 Å². The van der Waals surface area contributed by atoms with E-state index in [1.54, 1.807) is 17.4 Å². The summed E-state index contributed by atoms with van der Waals surface area (Å²) < 4.78 is 5.80. The fraction of sp³-hybridized carbons (Fsp3) is 0. The molecule has 2 aromatic carbocycles. The van der Waals surface area contributed by atoms with E-state index in [4.69, 9.17) is 4.74 Å². The van der Waals surface area contributed by atoms with Crippen LogP contribution in [0.1, 0.15) is 4.88 Å². The van der Waals surface area contributed by atoms with E-state index in [1.807, 2.05) is 77.5 Å². The summed E-state index contributed by atoms with van der Waals surface area (Å²) in [6.45, 7) is 0. The van der Waals surface area contributed by atoms with Crippen LogP contribution in [0.4, 0.5) is 5.13 Å². The third-order valence-corrected chi connectivity index (χ3v) is 5.40. The lowest BCUT2D eigenvalue weighted by atomic mass is 10.2. The Hall–Kier alpha value is -3.22. The summed E-state index contributed by atoms with van der Waals surface area (Å²) in [6.07, 6.45) is 3.31. The highest BCUT2D eigenvalue weighted by atomic mass is 32.1. The molecule has 0 bridgehead atoms. The van der Waals surface area contributed by atoms with Crippen LogP contribution in [0.5, 0.6) is 11.5 Å². The van der Waals surface area contributed by atoms with E-state index in [2.05, 4.69) is 10.3 Å². The van der Waals surface area contributed by atoms with Crippen molar-refractivity contribution >= 4 is 39.8 Å². The summed E-state index contributed by atoms with van der Waals surface area (Å²) in [5.41, 5.74) is 1.78. The summed E-state index contributed by atoms with van der Waals surface area (Å²) >= 11 is 2.98. The molecule has 2 heterocycles. The molecule has 0 saturated heterocycles. The minimum atomic E-state index is -0.194. The topological polar surface area (TPSA) is 51.2 Å². The van der Waals surface area contributed by atoms with Crippen LogP contribution >= 0.6 is 22.7 Å². The maximum atomic E-state index is 12.0. The standard InChI is InChI=1S/C22H16N2O2S2/c25-21(13-12-19-7-4-14-27-19)24-22-23-20(15-28-22)16-8-10-18(11-9-16)26-17-5-2-1-3-6-17/h1-15H,(H,23,24,25). The van der Waals surface area contributed by atoms with E-state index >= 15 is 0 Å². The smallest absolute Gasteiger partial charge is 0.250 e. The maximum absolute atomic E-state index is 12.0. The molecule has 0 saturated carbocycles. The van der Waals surface area contributed by atoms with Gasteiger partial charge in [-0.25, -0.2) is 4.98 Å². The summed E-state index contributed by atoms with van der Waals surface area (Å²) in [5.74, 6) is 1.36. The highest BCUT2D eigenvalue weighted by molar-refractivity contribution is 7.14. The number of carbonyl (C=O) groups is 1. The van der Waals surface area contributed by atoms with Crippen LogP contribution in [0.25, 0.3) is 17.3 Å². The minimum Gasteiger partial charge on any atom is -0.457 e. The number of carbonyl (C=O) groups excluding carboxylic acids is 1. The van der Waals surface area contributed by atoms with Crippen molar-refractivity contribution in [3.63, 3.8) is 0 Å². The molecule has 0 unspecified atom stereocenters. The van der Waals surface area contributed by atoms with E-state index in [-0.39, 0.29) is 5.91 Å². The first-order valence-corrected chi connectivity index (χ1v) is 10.3. The molecule has 0 fully saturated rings. The summed E-state index contributed by atoms with van der Waals surface area (Å²) in [5, 5.41) is 7.27. The number of nitrogens with one attached hydrogen (secondary N) is 1. The van der Waals surface area contributed by atoms with Crippen molar-refractivity contribution in [3.05, 3.63) is 88.4 Å². The molecule has 2 aromatic heterocycles. The monoisotopic (exact) mass is 404 g/mol. The number of hydrogen-bond donors (Lipinski definition) is 1. The lowest BCUT2D eigenvalue weighted by Crippen LogP contribution is -2.07.